The van der Waals surface area contributed by atoms with Crippen molar-refractivity contribution in [2.45, 2.75) is 19.4 Å². The molecule has 0 aromatic carbocycles. The Balaban J connectivity index is 2.09. The fraction of sp³-hybridized carbons (Fsp3) is 0.500. The molecule has 2 atom stereocenters. The molecular formula is C12H17N3O3. The Morgan fingerprint density at radius 1 is 1.72 bits per heavy atom. The number of carbonyl (C=O) groups is 1. The third-order valence-corrected chi connectivity index (χ3v) is 3.21. The zero-order chi connectivity index (χ0) is 13.1. The van der Waals surface area contributed by atoms with Gasteiger partial charge in [0.15, 0.2) is 0 Å². The average molecular weight is 251 g/mol. The van der Waals surface area contributed by atoms with E-state index >= 15 is 0 Å². The Bertz CT molecular complexity index is 444. The fourth-order valence-corrected chi connectivity index (χ4v) is 2.03. The van der Waals surface area contributed by atoms with E-state index in [-0.39, 0.29) is 17.3 Å². The molecule has 0 amide bonds. The van der Waals surface area contributed by atoms with Gasteiger partial charge >= 0.3 is 5.97 Å². The molecule has 0 radical (unpaired) electrons. The molecule has 98 valence electrons. The third-order valence-electron chi connectivity index (χ3n) is 3.21. The van der Waals surface area contributed by atoms with Gasteiger partial charge in [0.05, 0.1) is 24.1 Å². The van der Waals surface area contributed by atoms with Crippen molar-refractivity contribution in [3.63, 3.8) is 0 Å². The molecule has 18 heavy (non-hydrogen) atoms. The lowest BCUT2D eigenvalue weighted by molar-refractivity contribution is 0.0698. The number of ether oxygens (including phenoxy) is 1. The number of hydrogen-bond donors (Lipinski definition) is 3. The normalized spacial score (nSPS) is 20.6. The minimum atomic E-state index is -1.05. The lowest BCUT2D eigenvalue weighted by Crippen LogP contribution is -2.26. The van der Waals surface area contributed by atoms with Crippen molar-refractivity contribution < 1.29 is 14.6 Å². The maximum Gasteiger partial charge on any atom is 0.337 e. The molecule has 0 aliphatic carbocycles. The second kappa shape index (κ2) is 5.22. The molecule has 1 saturated heterocycles. The third kappa shape index (κ3) is 2.70. The quantitative estimate of drug-likeness (QED) is 0.744. The summed E-state index contributed by atoms with van der Waals surface area (Å²) in [5.74, 6) is -0.0894. The average Bonchev–Trinajstić information content (AvgIpc) is 2.85. The topological polar surface area (TPSA) is 97.5 Å². The van der Waals surface area contributed by atoms with Crippen LogP contribution in [-0.2, 0) is 4.74 Å². The number of nitrogen functional groups attached to an aromatic ring is 1. The minimum absolute atomic E-state index is 0.0716. The van der Waals surface area contributed by atoms with Crippen molar-refractivity contribution in [3.05, 3.63) is 17.8 Å². The standard InChI is InChI=1S/C12H17N3O3/c1-7(8-2-3-18-6-8)15-11-4-9(12(16)17)10(13)5-14-11/h4-5,7-8H,2-3,6,13H2,1H3,(H,14,15)(H,16,17). The number of pyridine rings is 1. The van der Waals surface area contributed by atoms with E-state index in [1.165, 1.54) is 12.3 Å². The summed E-state index contributed by atoms with van der Waals surface area (Å²) in [6.07, 6.45) is 2.37. The Hall–Kier alpha value is -1.82. The van der Waals surface area contributed by atoms with Crippen LogP contribution in [0.2, 0.25) is 0 Å². The van der Waals surface area contributed by atoms with Crippen LogP contribution in [0.25, 0.3) is 0 Å². The maximum atomic E-state index is 11.0. The van der Waals surface area contributed by atoms with Crippen molar-refractivity contribution in [2.75, 3.05) is 24.3 Å². The van der Waals surface area contributed by atoms with Crippen LogP contribution in [-0.4, -0.2) is 35.3 Å². The van der Waals surface area contributed by atoms with E-state index in [1.807, 2.05) is 6.92 Å². The van der Waals surface area contributed by atoms with E-state index in [9.17, 15) is 4.79 Å². The number of nitrogens with one attached hydrogen (secondary N) is 1. The highest BCUT2D eigenvalue weighted by molar-refractivity contribution is 5.94. The number of anilines is 2. The minimum Gasteiger partial charge on any atom is -0.478 e. The number of carboxylic acids is 1. The largest absolute Gasteiger partial charge is 0.478 e. The van der Waals surface area contributed by atoms with Crippen molar-refractivity contribution >= 4 is 17.5 Å². The van der Waals surface area contributed by atoms with Gasteiger partial charge in [0.2, 0.25) is 0 Å². The summed E-state index contributed by atoms with van der Waals surface area (Å²) in [5, 5.41) is 12.2. The number of hydrogen-bond acceptors (Lipinski definition) is 5. The van der Waals surface area contributed by atoms with E-state index in [1.54, 1.807) is 0 Å². The second-order valence-corrected chi connectivity index (χ2v) is 4.52. The van der Waals surface area contributed by atoms with Gasteiger partial charge in [-0.05, 0) is 19.4 Å². The van der Waals surface area contributed by atoms with Crippen LogP contribution in [0.5, 0.6) is 0 Å². The van der Waals surface area contributed by atoms with Gasteiger partial charge in [-0.15, -0.1) is 0 Å². The SMILES string of the molecule is CC(Nc1cc(C(=O)O)c(N)cn1)C1CCOC1. The number of nitrogens with two attached hydrogens (primary N) is 1. The van der Waals surface area contributed by atoms with Crippen LogP contribution in [0, 0.1) is 5.92 Å². The van der Waals surface area contributed by atoms with E-state index in [0.717, 1.165) is 19.6 Å². The number of rotatable bonds is 4. The van der Waals surface area contributed by atoms with Crippen LogP contribution >= 0.6 is 0 Å². The Morgan fingerprint density at radius 3 is 3.11 bits per heavy atom. The first-order chi connectivity index (χ1) is 8.58. The molecule has 6 nitrogen and oxygen atoms in total. The first-order valence-corrected chi connectivity index (χ1v) is 5.91. The summed E-state index contributed by atoms with van der Waals surface area (Å²) in [4.78, 5) is 15.1. The highest BCUT2D eigenvalue weighted by Crippen LogP contribution is 2.21. The van der Waals surface area contributed by atoms with Gasteiger partial charge in [-0.1, -0.05) is 0 Å². The molecule has 4 N–H and O–H groups in total. The van der Waals surface area contributed by atoms with Gasteiger partial charge in [0.1, 0.15) is 5.82 Å². The van der Waals surface area contributed by atoms with Gasteiger partial charge in [-0.25, -0.2) is 9.78 Å². The predicted octanol–water partition coefficient (Wildman–Crippen LogP) is 1.20. The molecule has 1 fully saturated rings. The van der Waals surface area contributed by atoms with Crippen LogP contribution in [0.4, 0.5) is 11.5 Å². The van der Waals surface area contributed by atoms with Crippen molar-refractivity contribution in [2.24, 2.45) is 5.92 Å². The highest BCUT2D eigenvalue weighted by atomic mass is 16.5. The van der Waals surface area contributed by atoms with E-state index in [2.05, 4.69) is 10.3 Å². The van der Waals surface area contributed by atoms with E-state index < -0.39 is 5.97 Å². The molecule has 1 aliphatic heterocycles. The molecule has 6 heteroatoms. The van der Waals surface area contributed by atoms with E-state index in [0.29, 0.717) is 11.7 Å². The number of carboxylic acid groups (broad SMARTS) is 1. The van der Waals surface area contributed by atoms with Gasteiger partial charge in [0, 0.05) is 18.6 Å². The predicted molar refractivity (Wildman–Crippen MR) is 67.6 cm³/mol. The Labute approximate surface area is 105 Å². The molecule has 2 rings (SSSR count). The summed E-state index contributed by atoms with van der Waals surface area (Å²) in [7, 11) is 0. The van der Waals surface area contributed by atoms with Crippen molar-refractivity contribution in [1.82, 2.24) is 4.98 Å². The summed E-state index contributed by atoms with van der Waals surface area (Å²) in [6, 6.07) is 1.65. The van der Waals surface area contributed by atoms with Crippen LogP contribution in [0.15, 0.2) is 12.3 Å². The summed E-state index contributed by atoms with van der Waals surface area (Å²) in [5.41, 5.74) is 5.80. The molecule has 2 unspecified atom stereocenters. The molecule has 1 aromatic rings. The smallest absolute Gasteiger partial charge is 0.337 e. The second-order valence-electron chi connectivity index (χ2n) is 4.52. The van der Waals surface area contributed by atoms with Crippen molar-refractivity contribution in [3.8, 4) is 0 Å². The van der Waals surface area contributed by atoms with Gasteiger partial charge in [0.25, 0.3) is 0 Å². The number of aromatic nitrogens is 1. The molecule has 1 aromatic heterocycles. The van der Waals surface area contributed by atoms with Gasteiger partial charge < -0.3 is 20.9 Å². The summed E-state index contributed by atoms with van der Waals surface area (Å²) >= 11 is 0. The first-order valence-electron chi connectivity index (χ1n) is 5.91. The lowest BCUT2D eigenvalue weighted by atomic mass is 10.0. The Morgan fingerprint density at radius 2 is 2.50 bits per heavy atom. The zero-order valence-corrected chi connectivity index (χ0v) is 10.2. The highest BCUT2D eigenvalue weighted by Gasteiger charge is 2.22. The van der Waals surface area contributed by atoms with Gasteiger partial charge in [-0.2, -0.15) is 0 Å². The molecule has 2 heterocycles. The van der Waals surface area contributed by atoms with E-state index in [4.69, 9.17) is 15.6 Å². The van der Waals surface area contributed by atoms with Crippen LogP contribution in [0.3, 0.4) is 0 Å². The maximum absolute atomic E-state index is 11.0. The van der Waals surface area contributed by atoms with Crippen LogP contribution in [0.1, 0.15) is 23.7 Å². The molecule has 0 bridgehead atoms. The fourth-order valence-electron chi connectivity index (χ4n) is 2.03. The number of aromatic carboxylic acids is 1. The Kier molecular flexibility index (Phi) is 3.66. The molecule has 0 spiro atoms. The zero-order valence-electron chi connectivity index (χ0n) is 10.2. The lowest BCUT2D eigenvalue weighted by Gasteiger charge is -2.20. The molecular weight excluding hydrogens is 234 g/mol. The van der Waals surface area contributed by atoms with Gasteiger partial charge in [-0.3, -0.25) is 0 Å². The molecule has 1 aliphatic rings. The molecule has 0 saturated carbocycles. The summed E-state index contributed by atoms with van der Waals surface area (Å²) < 4.78 is 5.32. The van der Waals surface area contributed by atoms with Crippen LogP contribution < -0.4 is 11.1 Å². The van der Waals surface area contributed by atoms with Crippen molar-refractivity contribution in [1.29, 1.82) is 0 Å². The summed E-state index contributed by atoms with van der Waals surface area (Å²) in [6.45, 7) is 3.55. The first kappa shape index (κ1) is 12.6. The number of nitrogens with zero attached hydrogens (tertiary/aromatic N) is 1. The monoisotopic (exact) mass is 251 g/mol.